The van der Waals surface area contributed by atoms with Gasteiger partial charge >= 0.3 is 6.03 Å². The second-order valence-electron chi connectivity index (χ2n) is 6.32. The number of unbranched alkanes of at least 4 members (excludes halogenated alkanes) is 1. The molecule has 29 heavy (non-hydrogen) atoms. The molecule has 0 saturated carbocycles. The van der Waals surface area contributed by atoms with E-state index >= 15 is 0 Å². The molecule has 3 rings (SSSR count). The summed E-state index contributed by atoms with van der Waals surface area (Å²) in [5, 5.41) is 2.67. The van der Waals surface area contributed by atoms with E-state index in [1.807, 2.05) is 6.07 Å². The van der Waals surface area contributed by atoms with Crippen molar-refractivity contribution in [3.05, 3.63) is 63.1 Å². The van der Waals surface area contributed by atoms with E-state index in [9.17, 15) is 14.4 Å². The highest BCUT2D eigenvalue weighted by Gasteiger charge is 2.37. The first-order chi connectivity index (χ1) is 13.9. The Bertz CT molecular complexity index is 989. The number of halogens is 2. The number of carbonyl (C=O) groups excluding carboxylic acids is 3. The summed E-state index contributed by atoms with van der Waals surface area (Å²) in [6, 6.07) is 10.7. The molecule has 0 aromatic heterocycles. The van der Waals surface area contributed by atoms with Crippen LogP contribution in [-0.2, 0) is 9.59 Å². The largest absolute Gasteiger partial charge is 0.493 e. The third-order valence-corrected chi connectivity index (χ3v) is 4.96. The van der Waals surface area contributed by atoms with E-state index in [1.54, 1.807) is 24.3 Å². The van der Waals surface area contributed by atoms with Gasteiger partial charge in [-0.15, -0.1) is 0 Å². The van der Waals surface area contributed by atoms with Crippen molar-refractivity contribution in [1.29, 1.82) is 0 Å². The van der Waals surface area contributed by atoms with E-state index in [-0.39, 0.29) is 5.57 Å². The highest BCUT2D eigenvalue weighted by molar-refractivity contribution is 9.10. The zero-order chi connectivity index (χ0) is 21.0. The van der Waals surface area contributed by atoms with Crippen LogP contribution in [0.2, 0.25) is 5.02 Å². The molecule has 0 unspecified atom stereocenters. The number of hydrogen-bond donors (Lipinski definition) is 1. The van der Waals surface area contributed by atoms with E-state index in [1.165, 1.54) is 18.2 Å². The molecule has 1 N–H and O–H groups in total. The molecule has 2 aromatic rings. The molecule has 2 aromatic carbocycles. The van der Waals surface area contributed by atoms with Crippen LogP contribution in [0.3, 0.4) is 0 Å². The van der Waals surface area contributed by atoms with Crippen molar-refractivity contribution < 1.29 is 19.1 Å². The molecule has 8 heteroatoms. The number of barbiturate groups is 1. The molecule has 1 aliphatic rings. The summed E-state index contributed by atoms with van der Waals surface area (Å²) in [7, 11) is 0. The zero-order valence-electron chi connectivity index (χ0n) is 15.6. The van der Waals surface area contributed by atoms with Crippen molar-refractivity contribution >= 4 is 57.1 Å². The van der Waals surface area contributed by atoms with Crippen molar-refractivity contribution in [2.45, 2.75) is 19.8 Å². The molecule has 1 aliphatic heterocycles. The fourth-order valence-electron chi connectivity index (χ4n) is 2.73. The van der Waals surface area contributed by atoms with Crippen LogP contribution in [0.25, 0.3) is 6.08 Å². The average molecular weight is 478 g/mol. The van der Waals surface area contributed by atoms with Gasteiger partial charge in [-0.1, -0.05) is 40.9 Å². The smallest absolute Gasteiger partial charge is 0.335 e. The lowest BCUT2D eigenvalue weighted by Gasteiger charge is -2.26. The minimum absolute atomic E-state index is 0.169. The Kier molecular flexibility index (Phi) is 6.71. The normalized spacial score (nSPS) is 15.6. The molecular formula is C21H18BrClN2O4. The van der Waals surface area contributed by atoms with Crippen molar-refractivity contribution in [3.63, 3.8) is 0 Å². The van der Waals surface area contributed by atoms with Crippen LogP contribution in [-0.4, -0.2) is 24.5 Å². The number of imide groups is 2. The Morgan fingerprint density at radius 1 is 1.14 bits per heavy atom. The van der Waals surface area contributed by atoms with Gasteiger partial charge in [0.1, 0.15) is 11.3 Å². The number of ether oxygens (including phenoxy) is 1. The summed E-state index contributed by atoms with van der Waals surface area (Å²) >= 11 is 9.27. The van der Waals surface area contributed by atoms with Crippen LogP contribution in [0.5, 0.6) is 5.75 Å². The second-order valence-corrected chi connectivity index (χ2v) is 7.67. The van der Waals surface area contributed by atoms with Gasteiger partial charge in [-0.25, -0.2) is 9.69 Å². The fraction of sp³-hybridized carbons (Fsp3) is 0.190. The predicted molar refractivity (Wildman–Crippen MR) is 115 cm³/mol. The predicted octanol–water partition coefficient (Wildman–Crippen LogP) is 4.95. The summed E-state index contributed by atoms with van der Waals surface area (Å²) in [5.74, 6) is -0.935. The lowest BCUT2D eigenvalue weighted by atomic mass is 10.1. The zero-order valence-corrected chi connectivity index (χ0v) is 17.9. The SMILES string of the molecule is CCCCOc1ccc(Br)cc1/C=C1/C(=O)NC(=O)N(c2ccc(Cl)cc2)C1=O. The monoisotopic (exact) mass is 476 g/mol. The van der Waals surface area contributed by atoms with Crippen LogP contribution in [0.4, 0.5) is 10.5 Å². The van der Waals surface area contributed by atoms with E-state index in [4.69, 9.17) is 16.3 Å². The molecule has 0 bridgehead atoms. The average Bonchev–Trinajstić information content (AvgIpc) is 2.68. The van der Waals surface area contributed by atoms with Gasteiger partial charge in [-0.05, 0) is 55.0 Å². The number of rotatable bonds is 6. The van der Waals surface area contributed by atoms with Gasteiger partial charge in [-0.2, -0.15) is 0 Å². The molecule has 0 aliphatic carbocycles. The number of amides is 4. The first kappa shape index (κ1) is 21.1. The third-order valence-electron chi connectivity index (χ3n) is 4.21. The highest BCUT2D eigenvalue weighted by Crippen LogP contribution is 2.28. The van der Waals surface area contributed by atoms with E-state index in [0.29, 0.717) is 28.6 Å². The van der Waals surface area contributed by atoms with Crippen molar-refractivity contribution in [2.75, 3.05) is 11.5 Å². The molecule has 150 valence electrons. The van der Waals surface area contributed by atoms with Gasteiger partial charge in [0.15, 0.2) is 0 Å². The summed E-state index contributed by atoms with van der Waals surface area (Å²) in [6.07, 6.45) is 3.29. The van der Waals surface area contributed by atoms with Crippen LogP contribution in [0, 0.1) is 0 Å². The van der Waals surface area contributed by atoms with Crippen LogP contribution in [0.15, 0.2) is 52.5 Å². The van der Waals surface area contributed by atoms with Crippen LogP contribution in [0.1, 0.15) is 25.3 Å². The summed E-state index contributed by atoms with van der Waals surface area (Å²) in [4.78, 5) is 38.5. The quantitative estimate of drug-likeness (QED) is 0.363. The summed E-state index contributed by atoms with van der Waals surface area (Å²) in [5.41, 5.74) is 0.696. The molecule has 1 saturated heterocycles. The molecule has 1 fully saturated rings. The Labute approximate surface area is 181 Å². The van der Waals surface area contributed by atoms with Crippen molar-refractivity contribution in [3.8, 4) is 5.75 Å². The molecule has 6 nitrogen and oxygen atoms in total. The first-order valence-corrected chi connectivity index (χ1v) is 10.2. The summed E-state index contributed by atoms with van der Waals surface area (Å²) < 4.78 is 6.55. The van der Waals surface area contributed by atoms with Gasteiger partial charge in [0.2, 0.25) is 0 Å². The number of anilines is 1. The van der Waals surface area contributed by atoms with Gasteiger partial charge in [-0.3, -0.25) is 14.9 Å². The number of nitrogens with one attached hydrogen (secondary N) is 1. The van der Waals surface area contributed by atoms with Gasteiger partial charge in [0.05, 0.1) is 12.3 Å². The molecule has 4 amide bonds. The Morgan fingerprint density at radius 3 is 2.55 bits per heavy atom. The number of nitrogens with zero attached hydrogens (tertiary/aromatic N) is 1. The molecule has 1 heterocycles. The van der Waals surface area contributed by atoms with Gasteiger partial charge in [0, 0.05) is 15.1 Å². The third kappa shape index (κ3) is 4.86. The molecule has 0 spiro atoms. The minimum Gasteiger partial charge on any atom is -0.493 e. The molecule has 0 radical (unpaired) electrons. The lowest BCUT2D eigenvalue weighted by Crippen LogP contribution is -2.54. The Hall–Kier alpha value is -2.64. The number of hydrogen-bond acceptors (Lipinski definition) is 4. The fourth-order valence-corrected chi connectivity index (χ4v) is 3.23. The second kappa shape index (κ2) is 9.24. The van der Waals surface area contributed by atoms with Crippen molar-refractivity contribution in [1.82, 2.24) is 5.32 Å². The van der Waals surface area contributed by atoms with Gasteiger partial charge in [0.25, 0.3) is 11.8 Å². The molecular weight excluding hydrogens is 460 g/mol. The Balaban J connectivity index is 1.98. The number of urea groups is 1. The lowest BCUT2D eigenvalue weighted by molar-refractivity contribution is -0.122. The number of benzene rings is 2. The van der Waals surface area contributed by atoms with E-state index in [0.717, 1.165) is 22.2 Å². The van der Waals surface area contributed by atoms with Crippen molar-refractivity contribution in [2.24, 2.45) is 0 Å². The van der Waals surface area contributed by atoms with Crippen LogP contribution < -0.4 is 15.0 Å². The van der Waals surface area contributed by atoms with E-state index in [2.05, 4.69) is 28.2 Å². The maximum Gasteiger partial charge on any atom is 0.335 e. The first-order valence-electron chi connectivity index (χ1n) is 9.00. The Morgan fingerprint density at radius 2 is 1.86 bits per heavy atom. The number of carbonyl (C=O) groups is 3. The summed E-state index contributed by atoms with van der Waals surface area (Å²) in [6.45, 7) is 2.57. The standard InChI is InChI=1S/C21H18BrClN2O4/c1-2-3-10-29-18-9-4-14(22)11-13(18)12-17-19(26)24-21(28)25(20(17)27)16-7-5-15(23)6-8-16/h4-9,11-12H,2-3,10H2,1H3,(H,24,26,28)/b17-12-. The minimum atomic E-state index is -0.812. The van der Waals surface area contributed by atoms with Gasteiger partial charge < -0.3 is 4.74 Å². The molecule has 0 atom stereocenters. The maximum absolute atomic E-state index is 13.0. The van der Waals surface area contributed by atoms with E-state index < -0.39 is 17.8 Å². The van der Waals surface area contributed by atoms with Crippen LogP contribution >= 0.6 is 27.5 Å². The topological polar surface area (TPSA) is 75.7 Å². The highest BCUT2D eigenvalue weighted by atomic mass is 79.9. The maximum atomic E-state index is 13.0.